The summed E-state index contributed by atoms with van der Waals surface area (Å²) >= 11 is -0.195. The van der Waals surface area contributed by atoms with Gasteiger partial charge in [-0.2, -0.15) is 0 Å². The van der Waals surface area contributed by atoms with E-state index in [4.69, 9.17) is 9.07 Å². The minimum absolute atomic E-state index is 0.195. The average molecular weight is 199 g/mol. The molecule has 0 saturated carbocycles. The normalized spacial score (nSPS) is 10.5. The fraction of sp³-hybridized carbons (Fsp3) is 0.800. The molecule has 0 aromatic heterocycles. The van der Waals surface area contributed by atoms with Crippen LogP contribution < -0.4 is 0 Å². The maximum Gasteiger partial charge on any atom is 0.501 e. The lowest BCUT2D eigenvalue weighted by Gasteiger charge is -1.92. The van der Waals surface area contributed by atoms with Crippen molar-refractivity contribution < 1.29 is 0 Å². The van der Waals surface area contributed by atoms with Crippen molar-refractivity contribution in [3.63, 3.8) is 0 Å². The fourth-order valence-corrected chi connectivity index (χ4v) is 2.15. The van der Waals surface area contributed by atoms with E-state index in [-0.39, 0.29) is 19.3 Å². The Morgan fingerprint density at radius 2 is 1.75 bits per heavy atom. The SMILES string of the molecule is CCCCC/C=C\CC[CH2][Mg][Cl]. The predicted molar refractivity (Wildman–Crippen MR) is 58.9 cm³/mol. The van der Waals surface area contributed by atoms with Crippen molar-refractivity contribution in [3.8, 4) is 0 Å². The van der Waals surface area contributed by atoms with Gasteiger partial charge >= 0.3 is 19.3 Å². The maximum atomic E-state index is 5.70. The lowest BCUT2D eigenvalue weighted by atomic mass is 10.2. The molecule has 0 aliphatic heterocycles. The lowest BCUT2D eigenvalue weighted by molar-refractivity contribution is 0.727. The van der Waals surface area contributed by atoms with Gasteiger partial charge in [-0.1, -0.05) is 38.3 Å². The molecule has 0 aliphatic rings. The molecule has 0 heterocycles. The standard InChI is InChI=1S/C10H19.ClH.Mg/c1-3-5-7-9-10-8-6-4-2;;/h7,9H,1,3-6,8,10H2,2H3;1H;/q;;+1/p-1/b9-7-;;. The second-order valence-electron chi connectivity index (χ2n) is 3.15. The van der Waals surface area contributed by atoms with E-state index in [9.17, 15) is 0 Å². The van der Waals surface area contributed by atoms with Crippen LogP contribution in [0.4, 0.5) is 0 Å². The van der Waals surface area contributed by atoms with Crippen LogP contribution in [0.5, 0.6) is 0 Å². The molecule has 0 fully saturated rings. The molecule has 0 saturated heterocycles. The van der Waals surface area contributed by atoms with Gasteiger partial charge in [0, 0.05) is 0 Å². The second-order valence-corrected chi connectivity index (χ2v) is 5.37. The van der Waals surface area contributed by atoms with E-state index in [2.05, 4.69) is 19.1 Å². The predicted octanol–water partition coefficient (Wildman–Crippen LogP) is 4.18. The van der Waals surface area contributed by atoms with Crippen LogP contribution in [0.15, 0.2) is 12.2 Å². The van der Waals surface area contributed by atoms with Crippen LogP contribution in [0.3, 0.4) is 0 Å². The Bertz CT molecular complexity index is 90.0. The Kier molecular flexibility index (Phi) is 12.6. The zero-order valence-electron chi connectivity index (χ0n) is 8.19. The quantitative estimate of drug-likeness (QED) is 0.312. The van der Waals surface area contributed by atoms with Crippen LogP contribution >= 0.6 is 9.07 Å². The largest absolute Gasteiger partial charge is 0.501 e. The fourth-order valence-electron chi connectivity index (χ4n) is 1.10. The molecule has 0 spiro atoms. The Hall–Kier alpha value is 0.796. The van der Waals surface area contributed by atoms with Crippen molar-refractivity contribution in [3.05, 3.63) is 12.2 Å². The third kappa shape index (κ3) is 10.8. The third-order valence-electron chi connectivity index (χ3n) is 1.90. The summed E-state index contributed by atoms with van der Waals surface area (Å²) in [5.74, 6) is 0. The van der Waals surface area contributed by atoms with E-state index in [0.717, 1.165) is 0 Å². The molecule has 0 N–H and O–H groups in total. The van der Waals surface area contributed by atoms with Crippen molar-refractivity contribution in [2.45, 2.75) is 50.0 Å². The molecule has 0 bridgehead atoms. The molecule has 12 heavy (non-hydrogen) atoms. The van der Waals surface area contributed by atoms with Gasteiger partial charge in [0.2, 0.25) is 0 Å². The topological polar surface area (TPSA) is 0 Å². The first kappa shape index (κ1) is 12.8. The summed E-state index contributed by atoms with van der Waals surface area (Å²) in [6, 6.07) is 0. The summed E-state index contributed by atoms with van der Waals surface area (Å²) in [5, 5.41) is 0. The number of hydrogen-bond donors (Lipinski definition) is 0. The molecule has 0 radical (unpaired) electrons. The van der Waals surface area contributed by atoms with E-state index >= 15 is 0 Å². The van der Waals surface area contributed by atoms with Crippen molar-refractivity contribution >= 4 is 28.3 Å². The van der Waals surface area contributed by atoms with Crippen LogP contribution in [0.2, 0.25) is 4.55 Å². The molecule has 0 unspecified atom stereocenters. The first-order valence-corrected chi connectivity index (χ1v) is 8.26. The third-order valence-corrected chi connectivity index (χ3v) is 3.46. The molecule has 0 nitrogen and oxygen atoms in total. The van der Waals surface area contributed by atoms with Crippen LogP contribution in [-0.2, 0) is 0 Å². The van der Waals surface area contributed by atoms with Crippen molar-refractivity contribution in [2.75, 3.05) is 0 Å². The van der Waals surface area contributed by atoms with Crippen molar-refractivity contribution in [1.29, 1.82) is 0 Å². The van der Waals surface area contributed by atoms with Crippen LogP contribution in [0.1, 0.15) is 45.4 Å². The Balaban J connectivity index is 2.93. The minimum Gasteiger partial charge on any atom is -0.346 e. The summed E-state index contributed by atoms with van der Waals surface area (Å²) in [6.07, 6.45) is 12.5. The molecule has 0 aromatic carbocycles. The highest BCUT2D eigenvalue weighted by molar-refractivity contribution is 6.93. The minimum atomic E-state index is -0.195. The zero-order chi connectivity index (χ0) is 9.07. The van der Waals surface area contributed by atoms with E-state index < -0.39 is 0 Å². The first-order valence-electron chi connectivity index (χ1n) is 5.12. The summed E-state index contributed by atoms with van der Waals surface area (Å²) < 4.78 is 1.29. The molecule has 2 heteroatoms. The molecule has 0 rings (SSSR count). The Morgan fingerprint density at radius 1 is 1.08 bits per heavy atom. The molecule has 0 atom stereocenters. The van der Waals surface area contributed by atoms with Gasteiger partial charge in [0.1, 0.15) is 0 Å². The molecule has 0 amide bonds. The summed E-state index contributed by atoms with van der Waals surface area (Å²) in [7, 11) is 5.70. The van der Waals surface area contributed by atoms with Crippen LogP contribution in [0.25, 0.3) is 0 Å². The summed E-state index contributed by atoms with van der Waals surface area (Å²) in [5.41, 5.74) is 0. The average Bonchev–Trinajstić information content (AvgIpc) is 2.10. The monoisotopic (exact) mass is 198 g/mol. The molecule has 0 aliphatic carbocycles. The van der Waals surface area contributed by atoms with Crippen LogP contribution in [0, 0.1) is 0 Å². The van der Waals surface area contributed by atoms with Crippen LogP contribution in [-0.4, -0.2) is 19.3 Å². The molecule has 0 aromatic rings. The van der Waals surface area contributed by atoms with Gasteiger partial charge in [-0.15, -0.1) is 4.55 Å². The van der Waals surface area contributed by atoms with Gasteiger partial charge in [-0.3, -0.25) is 0 Å². The molecular formula is C10H19ClMg. The summed E-state index contributed by atoms with van der Waals surface area (Å²) in [4.78, 5) is 0. The number of hydrogen-bond acceptors (Lipinski definition) is 0. The molecular weight excluding hydrogens is 180 g/mol. The Labute approximate surface area is 90.3 Å². The van der Waals surface area contributed by atoms with Crippen molar-refractivity contribution in [2.24, 2.45) is 0 Å². The maximum absolute atomic E-state index is 5.70. The van der Waals surface area contributed by atoms with E-state index in [1.165, 1.54) is 43.1 Å². The second kappa shape index (κ2) is 11.8. The number of rotatable bonds is 8. The molecule has 68 valence electrons. The highest BCUT2D eigenvalue weighted by Crippen LogP contribution is 2.02. The number of unbranched alkanes of at least 4 members (excludes halogenated alkanes) is 4. The van der Waals surface area contributed by atoms with Gasteiger partial charge < -0.3 is 9.07 Å². The van der Waals surface area contributed by atoms with Gasteiger partial charge in [0.15, 0.2) is 0 Å². The summed E-state index contributed by atoms with van der Waals surface area (Å²) in [6.45, 7) is 2.24. The highest BCUT2D eigenvalue weighted by atomic mass is 35.5. The van der Waals surface area contributed by atoms with Gasteiger partial charge in [0.05, 0.1) is 0 Å². The van der Waals surface area contributed by atoms with Gasteiger partial charge in [-0.05, 0) is 19.3 Å². The number of halogens is 1. The Morgan fingerprint density at radius 3 is 2.33 bits per heavy atom. The van der Waals surface area contributed by atoms with Gasteiger partial charge in [-0.25, -0.2) is 0 Å². The number of allylic oxidation sites excluding steroid dienone is 2. The van der Waals surface area contributed by atoms with E-state index in [1.54, 1.807) is 0 Å². The highest BCUT2D eigenvalue weighted by Gasteiger charge is 1.88. The smallest absolute Gasteiger partial charge is 0.346 e. The van der Waals surface area contributed by atoms with E-state index in [1.807, 2.05) is 0 Å². The zero-order valence-corrected chi connectivity index (χ0v) is 10.4. The van der Waals surface area contributed by atoms with Gasteiger partial charge in [0.25, 0.3) is 0 Å². The lowest BCUT2D eigenvalue weighted by Crippen LogP contribution is -1.76. The first-order chi connectivity index (χ1) is 5.91. The van der Waals surface area contributed by atoms with E-state index in [0.29, 0.717) is 0 Å². The van der Waals surface area contributed by atoms with Crippen molar-refractivity contribution in [1.82, 2.24) is 0 Å².